The highest BCUT2D eigenvalue weighted by Gasteiger charge is 2.15. The van der Waals surface area contributed by atoms with Crippen LogP contribution in [-0.2, 0) is 0 Å². The van der Waals surface area contributed by atoms with Crippen LogP contribution < -0.4 is 5.73 Å². The van der Waals surface area contributed by atoms with Crippen LogP contribution in [0.2, 0.25) is 0 Å². The maximum atomic E-state index is 12.8. The minimum absolute atomic E-state index is 0.352. The maximum Gasteiger partial charge on any atom is 0.123 e. The van der Waals surface area contributed by atoms with E-state index in [2.05, 4.69) is 15.9 Å². The monoisotopic (exact) mass is 247 g/mol. The van der Waals surface area contributed by atoms with E-state index in [-0.39, 0.29) is 5.82 Å². The number of aliphatic hydroxyl groups excluding tert-OH is 1. The van der Waals surface area contributed by atoms with Crippen molar-refractivity contribution in [1.29, 1.82) is 0 Å². The summed E-state index contributed by atoms with van der Waals surface area (Å²) in [6.07, 6.45) is -0.696. The number of hydrogen-bond acceptors (Lipinski definition) is 2. The number of nitrogens with two attached hydrogens (primary N) is 1. The molecule has 0 radical (unpaired) electrons. The van der Waals surface area contributed by atoms with Crippen molar-refractivity contribution in [2.75, 3.05) is 0 Å². The van der Waals surface area contributed by atoms with E-state index < -0.39 is 12.1 Å². The molecule has 1 rings (SSSR count). The first-order valence-corrected chi connectivity index (χ1v) is 4.70. The van der Waals surface area contributed by atoms with Crippen LogP contribution in [0.1, 0.15) is 18.5 Å². The lowest BCUT2D eigenvalue weighted by Crippen LogP contribution is -2.23. The maximum absolute atomic E-state index is 12.8. The predicted molar refractivity (Wildman–Crippen MR) is 52.7 cm³/mol. The number of benzene rings is 1. The van der Waals surface area contributed by atoms with Gasteiger partial charge >= 0.3 is 0 Å². The van der Waals surface area contributed by atoms with Crippen molar-refractivity contribution in [3.63, 3.8) is 0 Å². The summed E-state index contributed by atoms with van der Waals surface area (Å²) in [7, 11) is 0. The molecule has 0 aromatic heterocycles. The third kappa shape index (κ3) is 2.49. The number of aliphatic hydroxyl groups is 1. The Morgan fingerprint density at radius 2 is 2.15 bits per heavy atom. The number of halogens is 2. The summed E-state index contributed by atoms with van der Waals surface area (Å²) in [5.74, 6) is -0.352. The Morgan fingerprint density at radius 1 is 1.54 bits per heavy atom. The highest BCUT2D eigenvalue weighted by molar-refractivity contribution is 9.10. The third-order valence-corrected chi connectivity index (χ3v) is 2.56. The van der Waals surface area contributed by atoms with E-state index in [1.807, 2.05) is 0 Å². The molecule has 72 valence electrons. The van der Waals surface area contributed by atoms with Crippen LogP contribution in [0.15, 0.2) is 22.7 Å². The average Bonchev–Trinajstić information content (AvgIpc) is 2.08. The van der Waals surface area contributed by atoms with Crippen LogP contribution in [0.25, 0.3) is 0 Å². The zero-order valence-electron chi connectivity index (χ0n) is 7.17. The van der Waals surface area contributed by atoms with Crippen molar-refractivity contribution >= 4 is 15.9 Å². The first kappa shape index (κ1) is 10.6. The Labute approximate surface area is 84.7 Å². The van der Waals surface area contributed by atoms with E-state index in [4.69, 9.17) is 5.73 Å². The van der Waals surface area contributed by atoms with E-state index in [1.54, 1.807) is 13.0 Å². The van der Waals surface area contributed by atoms with Crippen molar-refractivity contribution in [3.05, 3.63) is 34.1 Å². The van der Waals surface area contributed by atoms with Crippen LogP contribution in [0, 0.1) is 5.82 Å². The summed E-state index contributed by atoms with van der Waals surface area (Å²) in [5, 5.41) is 9.22. The quantitative estimate of drug-likeness (QED) is 0.840. The van der Waals surface area contributed by atoms with Gasteiger partial charge in [-0.2, -0.15) is 0 Å². The molecule has 0 bridgehead atoms. The second-order valence-electron chi connectivity index (χ2n) is 2.93. The zero-order valence-corrected chi connectivity index (χ0v) is 8.75. The molecule has 4 heteroatoms. The van der Waals surface area contributed by atoms with Gasteiger partial charge in [0.2, 0.25) is 0 Å². The minimum atomic E-state index is -0.696. The summed E-state index contributed by atoms with van der Waals surface area (Å²) in [5.41, 5.74) is 6.24. The molecule has 0 aliphatic rings. The van der Waals surface area contributed by atoms with Gasteiger partial charge in [0.15, 0.2) is 0 Å². The predicted octanol–water partition coefficient (Wildman–Crippen LogP) is 1.97. The van der Waals surface area contributed by atoms with Crippen LogP contribution >= 0.6 is 15.9 Å². The third-order valence-electron chi connectivity index (χ3n) is 1.84. The van der Waals surface area contributed by atoms with E-state index in [9.17, 15) is 9.50 Å². The second-order valence-corrected chi connectivity index (χ2v) is 3.79. The molecule has 0 amide bonds. The van der Waals surface area contributed by atoms with E-state index in [0.29, 0.717) is 10.0 Å². The highest BCUT2D eigenvalue weighted by atomic mass is 79.9. The van der Waals surface area contributed by atoms with Gasteiger partial charge < -0.3 is 10.8 Å². The van der Waals surface area contributed by atoms with Crippen molar-refractivity contribution < 1.29 is 9.50 Å². The minimum Gasteiger partial charge on any atom is -0.391 e. The van der Waals surface area contributed by atoms with E-state index >= 15 is 0 Å². The SMILES string of the molecule is C[C@H](O)[C@H](N)c1cc(F)ccc1Br. The molecule has 2 nitrogen and oxygen atoms in total. The topological polar surface area (TPSA) is 46.2 Å². The summed E-state index contributed by atoms with van der Waals surface area (Å²) >= 11 is 3.24. The molecule has 0 saturated carbocycles. The van der Waals surface area contributed by atoms with Gasteiger partial charge in [-0.05, 0) is 30.7 Å². The molecule has 1 aromatic rings. The molecular formula is C9H11BrFNO. The second kappa shape index (κ2) is 4.17. The summed E-state index contributed by atoms with van der Waals surface area (Å²) < 4.78 is 13.5. The van der Waals surface area contributed by atoms with Crippen molar-refractivity contribution in [2.45, 2.75) is 19.1 Å². The zero-order chi connectivity index (χ0) is 10.0. The molecule has 0 fully saturated rings. The lowest BCUT2D eigenvalue weighted by Gasteiger charge is -2.16. The van der Waals surface area contributed by atoms with Crippen LogP contribution in [0.3, 0.4) is 0 Å². The van der Waals surface area contributed by atoms with Gasteiger partial charge in [0.25, 0.3) is 0 Å². The molecular weight excluding hydrogens is 237 g/mol. The highest BCUT2D eigenvalue weighted by Crippen LogP contribution is 2.24. The molecule has 0 saturated heterocycles. The fourth-order valence-electron chi connectivity index (χ4n) is 1.03. The average molecular weight is 248 g/mol. The normalized spacial score (nSPS) is 15.5. The molecule has 1 aromatic carbocycles. The first-order chi connectivity index (χ1) is 6.02. The molecule has 3 N–H and O–H groups in total. The van der Waals surface area contributed by atoms with Crippen molar-refractivity contribution in [2.24, 2.45) is 5.73 Å². The Bertz CT molecular complexity index is 304. The fourth-order valence-corrected chi connectivity index (χ4v) is 1.54. The summed E-state index contributed by atoms with van der Waals surface area (Å²) in [4.78, 5) is 0. The largest absolute Gasteiger partial charge is 0.391 e. The molecule has 0 heterocycles. The lowest BCUT2D eigenvalue weighted by atomic mass is 10.0. The van der Waals surface area contributed by atoms with Gasteiger partial charge in [-0.15, -0.1) is 0 Å². The van der Waals surface area contributed by atoms with Gasteiger partial charge in [-0.3, -0.25) is 0 Å². The standard InChI is InChI=1S/C9H11BrFNO/c1-5(13)9(12)7-4-6(11)2-3-8(7)10/h2-5,9,13H,12H2,1H3/t5-,9-/m0/s1. The summed E-state index contributed by atoms with van der Waals surface area (Å²) in [6, 6.07) is 3.67. The number of hydrogen-bond donors (Lipinski definition) is 2. The molecule has 0 unspecified atom stereocenters. The van der Waals surface area contributed by atoms with Gasteiger partial charge in [-0.25, -0.2) is 4.39 Å². The van der Waals surface area contributed by atoms with Crippen LogP contribution in [0.4, 0.5) is 4.39 Å². The number of rotatable bonds is 2. The first-order valence-electron chi connectivity index (χ1n) is 3.91. The fraction of sp³-hybridized carbons (Fsp3) is 0.333. The van der Waals surface area contributed by atoms with E-state index in [0.717, 1.165) is 0 Å². The molecule has 13 heavy (non-hydrogen) atoms. The van der Waals surface area contributed by atoms with Gasteiger partial charge in [-0.1, -0.05) is 15.9 Å². The van der Waals surface area contributed by atoms with E-state index in [1.165, 1.54) is 12.1 Å². The smallest absolute Gasteiger partial charge is 0.123 e. The van der Waals surface area contributed by atoms with Gasteiger partial charge in [0.1, 0.15) is 5.82 Å². The Hall–Kier alpha value is -0.450. The Kier molecular flexibility index (Phi) is 3.41. The Balaban J connectivity index is 3.05. The van der Waals surface area contributed by atoms with Crippen molar-refractivity contribution in [3.8, 4) is 0 Å². The summed E-state index contributed by atoms with van der Waals surface area (Å²) in [6.45, 7) is 1.57. The Morgan fingerprint density at radius 3 is 2.69 bits per heavy atom. The molecule has 0 aliphatic carbocycles. The molecule has 0 spiro atoms. The van der Waals surface area contributed by atoms with Gasteiger partial charge in [0, 0.05) is 4.47 Å². The van der Waals surface area contributed by atoms with Gasteiger partial charge in [0.05, 0.1) is 12.1 Å². The lowest BCUT2D eigenvalue weighted by molar-refractivity contribution is 0.164. The molecule has 0 aliphatic heterocycles. The van der Waals surface area contributed by atoms with Crippen LogP contribution in [-0.4, -0.2) is 11.2 Å². The van der Waals surface area contributed by atoms with Crippen LogP contribution in [0.5, 0.6) is 0 Å². The molecule has 2 atom stereocenters. The van der Waals surface area contributed by atoms with Crippen molar-refractivity contribution in [1.82, 2.24) is 0 Å².